The van der Waals surface area contributed by atoms with E-state index >= 15 is 0 Å². The SMILES string of the molecule is CCC1CCC(O)(CNCC(O)COC(C)(C)C)CC1. The summed E-state index contributed by atoms with van der Waals surface area (Å²) < 4.78 is 5.53. The van der Waals surface area contributed by atoms with Crippen molar-refractivity contribution < 1.29 is 14.9 Å². The van der Waals surface area contributed by atoms with Gasteiger partial charge in [0.05, 0.1) is 23.9 Å². The molecule has 1 unspecified atom stereocenters. The van der Waals surface area contributed by atoms with Gasteiger partial charge in [0, 0.05) is 13.1 Å². The van der Waals surface area contributed by atoms with Crippen molar-refractivity contribution in [1.82, 2.24) is 5.32 Å². The average molecular weight is 287 g/mol. The Morgan fingerprint density at radius 3 is 2.40 bits per heavy atom. The molecular weight excluding hydrogens is 254 g/mol. The zero-order valence-corrected chi connectivity index (χ0v) is 13.6. The second-order valence-electron chi connectivity index (χ2n) is 7.28. The summed E-state index contributed by atoms with van der Waals surface area (Å²) in [6, 6.07) is 0. The minimum Gasteiger partial charge on any atom is -0.389 e. The maximum atomic E-state index is 10.5. The zero-order chi connectivity index (χ0) is 15.2. The smallest absolute Gasteiger partial charge is 0.0897 e. The van der Waals surface area contributed by atoms with E-state index < -0.39 is 11.7 Å². The molecule has 3 N–H and O–H groups in total. The molecule has 4 heteroatoms. The monoisotopic (exact) mass is 287 g/mol. The van der Waals surface area contributed by atoms with Crippen LogP contribution >= 0.6 is 0 Å². The second kappa shape index (κ2) is 7.74. The van der Waals surface area contributed by atoms with Crippen LogP contribution in [0.1, 0.15) is 59.8 Å². The van der Waals surface area contributed by atoms with Crippen molar-refractivity contribution in [1.29, 1.82) is 0 Å². The van der Waals surface area contributed by atoms with Gasteiger partial charge in [0.1, 0.15) is 0 Å². The van der Waals surface area contributed by atoms with Crippen LogP contribution in [0.5, 0.6) is 0 Å². The fraction of sp³-hybridized carbons (Fsp3) is 1.00. The highest BCUT2D eigenvalue weighted by Crippen LogP contribution is 2.33. The minimum absolute atomic E-state index is 0.224. The van der Waals surface area contributed by atoms with Gasteiger partial charge in [-0.25, -0.2) is 0 Å². The van der Waals surface area contributed by atoms with E-state index in [9.17, 15) is 10.2 Å². The molecule has 0 aliphatic heterocycles. The molecule has 0 heterocycles. The molecule has 0 aromatic heterocycles. The van der Waals surface area contributed by atoms with Crippen molar-refractivity contribution in [3.8, 4) is 0 Å². The first-order valence-electron chi connectivity index (χ1n) is 7.99. The summed E-state index contributed by atoms with van der Waals surface area (Å²) in [6.45, 7) is 9.50. The second-order valence-corrected chi connectivity index (χ2v) is 7.28. The highest BCUT2D eigenvalue weighted by atomic mass is 16.5. The van der Waals surface area contributed by atoms with E-state index in [1.54, 1.807) is 0 Å². The van der Waals surface area contributed by atoms with Gasteiger partial charge in [0.2, 0.25) is 0 Å². The molecule has 1 aliphatic carbocycles. The molecule has 1 saturated carbocycles. The number of ether oxygens (including phenoxy) is 1. The maximum absolute atomic E-state index is 10.5. The summed E-state index contributed by atoms with van der Waals surface area (Å²) >= 11 is 0. The topological polar surface area (TPSA) is 61.7 Å². The van der Waals surface area contributed by atoms with Crippen molar-refractivity contribution in [2.75, 3.05) is 19.7 Å². The summed E-state index contributed by atoms with van der Waals surface area (Å²) in [5.41, 5.74) is -0.812. The average Bonchev–Trinajstić information content (AvgIpc) is 2.36. The Morgan fingerprint density at radius 1 is 1.30 bits per heavy atom. The van der Waals surface area contributed by atoms with Crippen LogP contribution in [0.4, 0.5) is 0 Å². The number of nitrogens with one attached hydrogen (secondary N) is 1. The first-order chi connectivity index (χ1) is 9.24. The molecule has 0 aromatic rings. The number of rotatable bonds is 7. The van der Waals surface area contributed by atoms with Crippen LogP contribution in [-0.4, -0.2) is 47.2 Å². The minimum atomic E-state index is -0.587. The summed E-state index contributed by atoms with van der Waals surface area (Å²) in [5, 5.41) is 23.5. The third-order valence-corrected chi connectivity index (χ3v) is 4.16. The fourth-order valence-corrected chi connectivity index (χ4v) is 2.68. The lowest BCUT2D eigenvalue weighted by Gasteiger charge is -2.36. The van der Waals surface area contributed by atoms with E-state index in [1.165, 1.54) is 6.42 Å². The van der Waals surface area contributed by atoms with Crippen LogP contribution in [0.3, 0.4) is 0 Å². The van der Waals surface area contributed by atoms with Crippen molar-refractivity contribution >= 4 is 0 Å². The van der Waals surface area contributed by atoms with E-state index in [2.05, 4.69) is 12.2 Å². The Kier molecular flexibility index (Phi) is 6.92. The molecule has 4 nitrogen and oxygen atoms in total. The molecule has 1 rings (SSSR count). The summed E-state index contributed by atoms with van der Waals surface area (Å²) in [4.78, 5) is 0. The number of aliphatic hydroxyl groups is 2. The number of aliphatic hydroxyl groups excluding tert-OH is 1. The molecule has 0 radical (unpaired) electrons. The molecule has 0 amide bonds. The van der Waals surface area contributed by atoms with Crippen LogP contribution in [0.15, 0.2) is 0 Å². The molecule has 20 heavy (non-hydrogen) atoms. The third kappa shape index (κ3) is 7.02. The summed E-state index contributed by atoms with van der Waals surface area (Å²) in [7, 11) is 0. The first-order valence-corrected chi connectivity index (χ1v) is 7.99. The lowest BCUT2D eigenvalue weighted by atomic mass is 9.78. The Hall–Kier alpha value is -0.160. The van der Waals surface area contributed by atoms with Crippen molar-refractivity contribution in [3.63, 3.8) is 0 Å². The van der Waals surface area contributed by atoms with E-state index in [4.69, 9.17) is 4.74 Å². The maximum Gasteiger partial charge on any atom is 0.0897 e. The van der Waals surface area contributed by atoms with Crippen molar-refractivity contribution in [2.24, 2.45) is 5.92 Å². The largest absolute Gasteiger partial charge is 0.389 e. The fourth-order valence-electron chi connectivity index (χ4n) is 2.68. The van der Waals surface area contributed by atoms with Crippen LogP contribution in [-0.2, 0) is 4.74 Å². The zero-order valence-electron chi connectivity index (χ0n) is 13.6. The van der Waals surface area contributed by atoms with Gasteiger partial charge in [-0.2, -0.15) is 0 Å². The Bertz CT molecular complexity index is 267. The number of hydrogen-bond acceptors (Lipinski definition) is 4. The normalized spacial score (nSPS) is 29.4. The van der Waals surface area contributed by atoms with Gasteiger partial charge in [-0.15, -0.1) is 0 Å². The van der Waals surface area contributed by atoms with Crippen LogP contribution < -0.4 is 5.32 Å². The van der Waals surface area contributed by atoms with Gasteiger partial charge in [-0.1, -0.05) is 13.3 Å². The molecule has 120 valence electrons. The lowest BCUT2D eigenvalue weighted by molar-refractivity contribution is -0.0512. The van der Waals surface area contributed by atoms with Gasteiger partial charge in [-0.05, 0) is 52.4 Å². The quantitative estimate of drug-likeness (QED) is 0.671. The van der Waals surface area contributed by atoms with Crippen LogP contribution in [0, 0.1) is 5.92 Å². The molecule has 1 fully saturated rings. The van der Waals surface area contributed by atoms with Crippen molar-refractivity contribution in [3.05, 3.63) is 0 Å². The number of hydrogen-bond donors (Lipinski definition) is 3. The standard InChI is InChI=1S/C16H33NO3/c1-5-13-6-8-16(19,9-7-13)12-17-10-14(18)11-20-15(2,3)4/h13-14,17-19H,5-12H2,1-4H3. The Labute approximate surface area is 123 Å². The molecule has 0 aromatic carbocycles. The lowest BCUT2D eigenvalue weighted by Crippen LogP contribution is -2.46. The Balaban J connectivity index is 2.17. The van der Waals surface area contributed by atoms with Crippen LogP contribution in [0.2, 0.25) is 0 Å². The molecule has 0 bridgehead atoms. The van der Waals surface area contributed by atoms with Gasteiger partial charge in [0.15, 0.2) is 0 Å². The summed E-state index contributed by atoms with van der Waals surface area (Å²) in [6.07, 6.45) is 4.66. The highest BCUT2D eigenvalue weighted by molar-refractivity contribution is 4.87. The summed E-state index contributed by atoms with van der Waals surface area (Å²) in [5.74, 6) is 0.779. The van der Waals surface area contributed by atoms with Gasteiger partial charge in [-0.3, -0.25) is 0 Å². The molecule has 0 saturated heterocycles. The van der Waals surface area contributed by atoms with E-state index in [0.29, 0.717) is 19.7 Å². The molecule has 1 aliphatic rings. The first kappa shape index (κ1) is 17.9. The Morgan fingerprint density at radius 2 is 1.90 bits per heavy atom. The van der Waals surface area contributed by atoms with Crippen molar-refractivity contribution in [2.45, 2.75) is 77.1 Å². The van der Waals surface area contributed by atoms with Gasteiger partial charge >= 0.3 is 0 Å². The van der Waals surface area contributed by atoms with E-state index in [0.717, 1.165) is 31.6 Å². The van der Waals surface area contributed by atoms with Gasteiger partial charge < -0.3 is 20.3 Å². The highest BCUT2D eigenvalue weighted by Gasteiger charge is 2.32. The predicted molar refractivity (Wildman–Crippen MR) is 81.8 cm³/mol. The molecule has 1 atom stereocenters. The molecule has 0 spiro atoms. The van der Waals surface area contributed by atoms with E-state index in [-0.39, 0.29) is 5.60 Å². The predicted octanol–water partition coefficient (Wildman–Crippen LogP) is 2.08. The van der Waals surface area contributed by atoms with Gasteiger partial charge in [0.25, 0.3) is 0 Å². The van der Waals surface area contributed by atoms with E-state index in [1.807, 2.05) is 20.8 Å². The third-order valence-electron chi connectivity index (χ3n) is 4.16. The molecular formula is C16H33NO3. The van der Waals surface area contributed by atoms with Crippen LogP contribution in [0.25, 0.3) is 0 Å².